The minimum Gasteiger partial charge on any atom is -0.479 e. The van der Waals surface area contributed by atoms with Crippen LogP contribution >= 0.6 is 0 Å². The average Bonchev–Trinajstić information content (AvgIpc) is 3.33. The molecule has 0 amide bonds. The van der Waals surface area contributed by atoms with E-state index in [2.05, 4.69) is 25.1 Å². The molecular weight excluding hydrogens is 346 g/mol. The van der Waals surface area contributed by atoms with Gasteiger partial charge in [-0.3, -0.25) is 4.68 Å². The third-order valence-electron chi connectivity index (χ3n) is 5.01. The summed E-state index contributed by atoms with van der Waals surface area (Å²) in [4.78, 5) is 23.1. The quantitative estimate of drug-likeness (QED) is 0.746. The molecule has 0 spiro atoms. The van der Waals surface area contributed by atoms with Gasteiger partial charge in [-0.2, -0.15) is 10.2 Å². The Morgan fingerprint density at radius 3 is 2.48 bits per heavy atom. The van der Waals surface area contributed by atoms with Crippen LogP contribution in [0.15, 0.2) is 36.9 Å². The highest BCUT2D eigenvalue weighted by Crippen LogP contribution is 2.32. The van der Waals surface area contributed by atoms with Gasteiger partial charge in [-0.15, -0.1) is 0 Å². The van der Waals surface area contributed by atoms with Crippen molar-refractivity contribution in [3.05, 3.63) is 48.3 Å². The molecule has 1 aliphatic rings. The molecule has 1 saturated heterocycles. The van der Waals surface area contributed by atoms with E-state index in [-0.39, 0.29) is 0 Å². The molecule has 1 N–H and O–H groups in total. The van der Waals surface area contributed by atoms with Crippen molar-refractivity contribution in [3.8, 4) is 5.82 Å². The highest BCUT2D eigenvalue weighted by atomic mass is 16.4. The van der Waals surface area contributed by atoms with Crippen molar-refractivity contribution in [3.63, 3.8) is 0 Å². The van der Waals surface area contributed by atoms with E-state index in [1.54, 1.807) is 28.0 Å². The molecule has 0 bridgehead atoms. The van der Waals surface area contributed by atoms with Crippen LogP contribution in [0.4, 0.5) is 5.82 Å². The largest absolute Gasteiger partial charge is 0.479 e. The van der Waals surface area contributed by atoms with E-state index in [0.717, 1.165) is 11.4 Å². The standard InChI is InChI=1S/C18H21N7O2/c1-13-11-20-25(12-13)18(17(26)27)4-8-23(9-5-18)15-10-16(22-14(2)21-15)24-7-3-6-19-24/h3,6-7,10-12H,4-5,8-9H2,1-2H3,(H,26,27). The molecule has 0 atom stereocenters. The molecule has 0 aliphatic carbocycles. The van der Waals surface area contributed by atoms with Gasteiger partial charge in [-0.25, -0.2) is 19.4 Å². The minimum atomic E-state index is -1.02. The summed E-state index contributed by atoms with van der Waals surface area (Å²) in [6.07, 6.45) is 7.92. The first-order chi connectivity index (χ1) is 13.0. The fourth-order valence-corrected chi connectivity index (χ4v) is 3.51. The van der Waals surface area contributed by atoms with E-state index in [0.29, 0.717) is 37.6 Å². The van der Waals surface area contributed by atoms with E-state index in [1.807, 2.05) is 32.2 Å². The second kappa shape index (κ2) is 6.49. The average molecular weight is 367 g/mol. The molecule has 0 radical (unpaired) electrons. The van der Waals surface area contributed by atoms with Crippen molar-refractivity contribution in [1.29, 1.82) is 0 Å². The number of aryl methyl sites for hydroxylation is 2. The Morgan fingerprint density at radius 2 is 1.89 bits per heavy atom. The second-order valence-corrected chi connectivity index (χ2v) is 6.87. The van der Waals surface area contributed by atoms with Gasteiger partial charge in [0, 0.05) is 50.6 Å². The monoisotopic (exact) mass is 367 g/mol. The van der Waals surface area contributed by atoms with Crippen molar-refractivity contribution >= 4 is 11.8 Å². The number of piperidine rings is 1. The molecule has 1 fully saturated rings. The molecule has 3 aromatic rings. The first-order valence-corrected chi connectivity index (χ1v) is 8.84. The lowest BCUT2D eigenvalue weighted by Gasteiger charge is -2.39. The summed E-state index contributed by atoms with van der Waals surface area (Å²) >= 11 is 0. The number of carboxylic acid groups (broad SMARTS) is 1. The van der Waals surface area contributed by atoms with Crippen LogP contribution in [-0.4, -0.2) is 53.7 Å². The zero-order chi connectivity index (χ0) is 19.0. The molecule has 1 aliphatic heterocycles. The molecular formula is C18H21N7O2. The molecule has 9 nitrogen and oxygen atoms in total. The Morgan fingerprint density at radius 1 is 1.15 bits per heavy atom. The third kappa shape index (κ3) is 3.05. The number of aliphatic carboxylic acids is 1. The highest BCUT2D eigenvalue weighted by Gasteiger charge is 2.44. The smallest absolute Gasteiger partial charge is 0.331 e. The first kappa shape index (κ1) is 17.2. The van der Waals surface area contributed by atoms with Gasteiger partial charge in [0.2, 0.25) is 0 Å². The fraction of sp³-hybridized carbons (Fsp3) is 0.389. The summed E-state index contributed by atoms with van der Waals surface area (Å²) < 4.78 is 3.29. The maximum Gasteiger partial charge on any atom is 0.331 e. The Kier molecular flexibility index (Phi) is 4.14. The SMILES string of the molecule is Cc1cnn(C2(C(=O)O)CCN(c3cc(-n4cccn4)nc(C)n3)CC2)c1. The van der Waals surface area contributed by atoms with Crippen LogP contribution in [0.25, 0.3) is 5.82 Å². The van der Waals surface area contributed by atoms with Gasteiger partial charge < -0.3 is 10.0 Å². The fourth-order valence-electron chi connectivity index (χ4n) is 3.51. The Labute approximate surface area is 156 Å². The summed E-state index contributed by atoms with van der Waals surface area (Å²) in [6.45, 7) is 4.89. The first-order valence-electron chi connectivity index (χ1n) is 8.84. The van der Waals surface area contributed by atoms with Crippen LogP contribution in [0.3, 0.4) is 0 Å². The molecule has 3 aromatic heterocycles. The van der Waals surface area contributed by atoms with Crippen LogP contribution in [-0.2, 0) is 10.3 Å². The number of hydrogen-bond donors (Lipinski definition) is 1. The minimum absolute atomic E-state index is 0.448. The van der Waals surface area contributed by atoms with Gasteiger partial charge in [-0.1, -0.05) is 0 Å². The van der Waals surface area contributed by atoms with Crippen LogP contribution in [0.5, 0.6) is 0 Å². The van der Waals surface area contributed by atoms with Crippen molar-refractivity contribution in [1.82, 2.24) is 29.5 Å². The maximum atomic E-state index is 12.1. The Hall–Kier alpha value is -3.23. The van der Waals surface area contributed by atoms with Gasteiger partial charge in [0.25, 0.3) is 0 Å². The van der Waals surface area contributed by atoms with Crippen LogP contribution in [0.2, 0.25) is 0 Å². The number of aromatic nitrogens is 6. The Bertz CT molecular complexity index is 956. The molecule has 140 valence electrons. The zero-order valence-electron chi connectivity index (χ0n) is 15.3. The van der Waals surface area contributed by atoms with Crippen LogP contribution in [0, 0.1) is 13.8 Å². The predicted octanol–water partition coefficient (Wildman–Crippen LogP) is 1.56. The van der Waals surface area contributed by atoms with Gasteiger partial charge in [0.05, 0.1) is 6.20 Å². The summed E-state index contributed by atoms with van der Waals surface area (Å²) in [5, 5.41) is 18.4. The number of nitrogens with zero attached hydrogens (tertiary/aromatic N) is 7. The lowest BCUT2D eigenvalue weighted by molar-refractivity contribution is -0.149. The van der Waals surface area contributed by atoms with Crippen molar-refractivity contribution in [2.24, 2.45) is 0 Å². The molecule has 4 rings (SSSR count). The van der Waals surface area contributed by atoms with E-state index >= 15 is 0 Å². The zero-order valence-corrected chi connectivity index (χ0v) is 15.3. The topological polar surface area (TPSA) is 102 Å². The predicted molar refractivity (Wildman–Crippen MR) is 97.9 cm³/mol. The maximum absolute atomic E-state index is 12.1. The molecule has 0 aromatic carbocycles. The van der Waals surface area contributed by atoms with Gasteiger partial charge in [-0.05, 0) is 25.5 Å². The summed E-state index contributed by atoms with van der Waals surface area (Å²) in [5.74, 6) is 1.28. The van der Waals surface area contributed by atoms with E-state index in [9.17, 15) is 9.90 Å². The molecule has 4 heterocycles. The highest BCUT2D eigenvalue weighted by molar-refractivity contribution is 5.77. The Balaban J connectivity index is 1.60. The van der Waals surface area contributed by atoms with Crippen LogP contribution < -0.4 is 4.90 Å². The number of hydrogen-bond acceptors (Lipinski definition) is 6. The van der Waals surface area contributed by atoms with E-state index in [4.69, 9.17) is 0 Å². The van der Waals surface area contributed by atoms with E-state index in [1.165, 1.54) is 0 Å². The summed E-state index contributed by atoms with van der Waals surface area (Å²) in [7, 11) is 0. The summed E-state index contributed by atoms with van der Waals surface area (Å²) in [5.41, 5.74) is -0.0641. The summed E-state index contributed by atoms with van der Waals surface area (Å²) in [6, 6.07) is 3.72. The van der Waals surface area contributed by atoms with Gasteiger partial charge >= 0.3 is 5.97 Å². The van der Waals surface area contributed by atoms with E-state index < -0.39 is 11.5 Å². The second-order valence-electron chi connectivity index (χ2n) is 6.87. The third-order valence-corrected chi connectivity index (χ3v) is 5.01. The molecule has 0 saturated carbocycles. The van der Waals surface area contributed by atoms with Gasteiger partial charge in [0.1, 0.15) is 11.6 Å². The van der Waals surface area contributed by atoms with Gasteiger partial charge in [0.15, 0.2) is 11.4 Å². The van der Waals surface area contributed by atoms with Crippen molar-refractivity contribution in [2.45, 2.75) is 32.2 Å². The lowest BCUT2D eigenvalue weighted by Crippen LogP contribution is -2.51. The number of carboxylic acids is 1. The normalized spacial score (nSPS) is 16.4. The molecule has 9 heteroatoms. The molecule has 27 heavy (non-hydrogen) atoms. The van der Waals surface area contributed by atoms with Crippen molar-refractivity contribution in [2.75, 3.05) is 18.0 Å². The van der Waals surface area contributed by atoms with Crippen LogP contribution in [0.1, 0.15) is 24.2 Å². The number of rotatable bonds is 4. The molecule has 0 unspecified atom stereocenters. The number of carbonyl (C=O) groups is 1. The van der Waals surface area contributed by atoms with Crippen molar-refractivity contribution < 1.29 is 9.90 Å². The number of anilines is 1. The lowest BCUT2D eigenvalue weighted by atomic mass is 9.87.